The van der Waals surface area contributed by atoms with Crippen molar-refractivity contribution in [2.45, 2.75) is 4.90 Å². The summed E-state index contributed by atoms with van der Waals surface area (Å²) in [4.78, 5) is 1.22. The van der Waals surface area contributed by atoms with E-state index in [4.69, 9.17) is 0 Å². The van der Waals surface area contributed by atoms with Crippen LogP contribution in [0.4, 0.5) is 0 Å². The van der Waals surface area contributed by atoms with Gasteiger partial charge in [-0.15, -0.1) is 11.8 Å². The summed E-state index contributed by atoms with van der Waals surface area (Å²) in [5.41, 5.74) is 2.13. The van der Waals surface area contributed by atoms with Crippen LogP contribution >= 0.6 is 27.7 Å². The first-order valence-corrected chi connectivity index (χ1v) is 6.85. The molecule has 0 spiro atoms. The van der Waals surface area contributed by atoms with Crippen LogP contribution in [-0.2, 0) is 0 Å². The molecule has 16 heavy (non-hydrogen) atoms. The Balaban J connectivity index is 2.49. The largest absolute Gasteiger partial charge is 0.508 e. The maximum absolute atomic E-state index is 9.55. The summed E-state index contributed by atoms with van der Waals surface area (Å²) in [6.45, 7) is 0. The summed E-state index contributed by atoms with van der Waals surface area (Å²) in [5, 5.41) is 9.55. The molecule has 0 radical (unpaired) electrons. The van der Waals surface area contributed by atoms with E-state index in [1.165, 1.54) is 4.90 Å². The van der Waals surface area contributed by atoms with Crippen molar-refractivity contribution in [3.63, 3.8) is 0 Å². The number of benzene rings is 2. The molecule has 3 heteroatoms. The molecule has 1 N–H and O–H groups in total. The molecule has 0 amide bonds. The van der Waals surface area contributed by atoms with Gasteiger partial charge in [0, 0.05) is 9.37 Å². The van der Waals surface area contributed by atoms with E-state index in [0.29, 0.717) is 0 Å². The average molecular weight is 295 g/mol. The van der Waals surface area contributed by atoms with Crippen molar-refractivity contribution in [3.05, 3.63) is 46.9 Å². The Hall–Kier alpha value is -0.930. The first-order valence-electron chi connectivity index (χ1n) is 4.83. The van der Waals surface area contributed by atoms with Gasteiger partial charge in [0.1, 0.15) is 5.75 Å². The SMILES string of the molecule is CSc1cccc(-c2cc(O)cc(Br)c2)c1. The van der Waals surface area contributed by atoms with Crippen molar-refractivity contribution in [3.8, 4) is 16.9 Å². The Bertz CT molecular complexity index is 491. The van der Waals surface area contributed by atoms with Gasteiger partial charge in [-0.2, -0.15) is 0 Å². The molecule has 0 aliphatic carbocycles. The second-order valence-corrected chi connectivity index (χ2v) is 5.23. The molecule has 0 atom stereocenters. The zero-order valence-corrected chi connectivity index (χ0v) is 11.2. The van der Waals surface area contributed by atoms with E-state index < -0.39 is 0 Å². The van der Waals surface area contributed by atoms with Gasteiger partial charge >= 0.3 is 0 Å². The zero-order valence-electron chi connectivity index (χ0n) is 8.77. The van der Waals surface area contributed by atoms with Crippen LogP contribution < -0.4 is 0 Å². The third-order valence-electron chi connectivity index (χ3n) is 2.29. The fourth-order valence-corrected chi connectivity index (χ4v) is 2.48. The van der Waals surface area contributed by atoms with E-state index in [9.17, 15) is 5.11 Å². The highest BCUT2D eigenvalue weighted by atomic mass is 79.9. The van der Waals surface area contributed by atoms with Crippen LogP contribution in [0.5, 0.6) is 5.75 Å². The number of thioether (sulfide) groups is 1. The van der Waals surface area contributed by atoms with Gasteiger partial charge in [0.25, 0.3) is 0 Å². The highest BCUT2D eigenvalue weighted by molar-refractivity contribution is 9.10. The minimum Gasteiger partial charge on any atom is -0.508 e. The van der Waals surface area contributed by atoms with Crippen LogP contribution in [0.2, 0.25) is 0 Å². The van der Waals surface area contributed by atoms with Crippen LogP contribution in [-0.4, -0.2) is 11.4 Å². The van der Waals surface area contributed by atoms with Crippen LogP contribution in [0.1, 0.15) is 0 Å². The molecular formula is C13H11BrOS. The second-order valence-electron chi connectivity index (χ2n) is 3.43. The van der Waals surface area contributed by atoms with Gasteiger partial charge in [-0.25, -0.2) is 0 Å². The van der Waals surface area contributed by atoms with Gasteiger partial charge < -0.3 is 5.11 Å². The fourth-order valence-electron chi connectivity index (χ4n) is 1.54. The summed E-state index contributed by atoms with van der Waals surface area (Å²) < 4.78 is 0.886. The monoisotopic (exact) mass is 294 g/mol. The molecule has 0 bridgehead atoms. The molecular weight excluding hydrogens is 284 g/mol. The quantitative estimate of drug-likeness (QED) is 0.821. The van der Waals surface area contributed by atoms with Gasteiger partial charge in [0.05, 0.1) is 0 Å². The lowest BCUT2D eigenvalue weighted by atomic mass is 10.1. The van der Waals surface area contributed by atoms with Gasteiger partial charge in [-0.05, 0) is 47.7 Å². The van der Waals surface area contributed by atoms with Crippen molar-refractivity contribution in [1.29, 1.82) is 0 Å². The topological polar surface area (TPSA) is 20.2 Å². The number of hydrogen-bond donors (Lipinski definition) is 1. The minimum atomic E-state index is 0.277. The first kappa shape index (κ1) is 11.6. The van der Waals surface area contributed by atoms with E-state index in [2.05, 4.69) is 34.3 Å². The third kappa shape index (κ3) is 2.60. The Kier molecular flexibility index (Phi) is 3.56. The van der Waals surface area contributed by atoms with Crippen molar-refractivity contribution in [2.75, 3.05) is 6.26 Å². The van der Waals surface area contributed by atoms with Crippen LogP contribution in [0.15, 0.2) is 51.8 Å². The van der Waals surface area contributed by atoms with Crippen LogP contribution in [0, 0.1) is 0 Å². The predicted octanol–water partition coefficient (Wildman–Crippen LogP) is 4.54. The number of hydrogen-bond acceptors (Lipinski definition) is 2. The summed E-state index contributed by atoms with van der Waals surface area (Å²) >= 11 is 5.09. The molecule has 2 aromatic rings. The molecule has 82 valence electrons. The normalized spacial score (nSPS) is 10.4. The van der Waals surface area contributed by atoms with Gasteiger partial charge in [-0.1, -0.05) is 28.1 Å². The maximum Gasteiger partial charge on any atom is 0.117 e. The molecule has 2 rings (SSSR count). The van der Waals surface area contributed by atoms with Crippen LogP contribution in [0.25, 0.3) is 11.1 Å². The molecule has 0 aromatic heterocycles. The van der Waals surface area contributed by atoms with E-state index in [-0.39, 0.29) is 5.75 Å². The zero-order chi connectivity index (χ0) is 11.5. The number of halogens is 1. The molecule has 0 aliphatic heterocycles. The average Bonchev–Trinajstić information content (AvgIpc) is 2.28. The molecule has 2 aromatic carbocycles. The summed E-state index contributed by atoms with van der Waals surface area (Å²) in [7, 11) is 0. The fraction of sp³-hybridized carbons (Fsp3) is 0.0769. The van der Waals surface area contributed by atoms with Crippen molar-refractivity contribution < 1.29 is 5.11 Å². The van der Waals surface area contributed by atoms with Crippen molar-refractivity contribution in [2.24, 2.45) is 0 Å². The second kappa shape index (κ2) is 4.93. The minimum absolute atomic E-state index is 0.277. The van der Waals surface area contributed by atoms with Crippen molar-refractivity contribution in [1.82, 2.24) is 0 Å². The Morgan fingerprint density at radius 3 is 2.56 bits per heavy atom. The molecule has 0 unspecified atom stereocenters. The van der Waals surface area contributed by atoms with Crippen LogP contribution in [0.3, 0.4) is 0 Å². The molecule has 0 saturated carbocycles. The van der Waals surface area contributed by atoms with E-state index in [1.807, 2.05) is 18.2 Å². The molecule has 0 saturated heterocycles. The lowest BCUT2D eigenvalue weighted by Gasteiger charge is -2.05. The summed E-state index contributed by atoms with van der Waals surface area (Å²) in [5.74, 6) is 0.277. The van der Waals surface area contributed by atoms with Gasteiger partial charge in [-0.3, -0.25) is 0 Å². The van der Waals surface area contributed by atoms with E-state index in [1.54, 1.807) is 23.9 Å². The Labute approximate surface area is 108 Å². The standard InChI is InChI=1S/C13H11BrOS/c1-16-13-4-2-3-9(7-13)10-5-11(14)8-12(15)6-10/h2-8,15H,1H3. The Morgan fingerprint density at radius 2 is 1.88 bits per heavy atom. The maximum atomic E-state index is 9.55. The molecule has 0 heterocycles. The predicted molar refractivity (Wildman–Crippen MR) is 73.0 cm³/mol. The Morgan fingerprint density at radius 1 is 1.06 bits per heavy atom. The molecule has 1 nitrogen and oxygen atoms in total. The lowest BCUT2D eigenvalue weighted by Crippen LogP contribution is -1.79. The summed E-state index contributed by atoms with van der Waals surface area (Å²) in [6.07, 6.45) is 2.05. The number of phenolic OH excluding ortho intramolecular Hbond substituents is 1. The van der Waals surface area contributed by atoms with Crippen molar-refractivity contribution >= 4 is 27.7 Å². The number of phenols is 1. The van der Waals surface area contributed by atoms with E-state index in [0.717, 1.165) is 15.6 Å². The molecule has 0 fully saturated rings. The number of rotatable bonds is 2. The first-order chi connectivity index (χ1) is 7.69. The third-order valence-corrected chi connectivity index (χ3v) is 3.47. The lowest BCUT2D eigenvalue weighted by molar-refractivity contribution is 0.475. The number of aromatic hydroxyl groups is 1. The smallest absolute Gasteiger partial charge is 0.117 e. The van der Waals surface area contributed by atoms with Gasteiger partial charge in [0.15, 0.2) is 0 Å². The summed E-state index contributed by atoms with van der Waals surface area (Å²) in [6, 6.07) is 13.7. The highest BCUT2D eigenvalue weighted by Crippen LogP contribution is 2.29. The van der Waals surface area contributed by atoms with Gasteiger partial charge in [0.2, 0.25) is 0 Å². The highest BCUT2D eigenvalue weighted by Gasteiger charge is 2.02. The van der Waals surface area contributed by atoms with E-state index >= 15 is 0 Å². The molecule has 0 aliphatic rings.